The molecule has 0 unspecified atom stereocenters. The Morgan fingerprint density at radius 1 is 1.11 bits per heavy atom. The van der Waals surface area contributed by atoms with E-state index >= 15 is 0 Å². The van der Waals surface area contributed by atoms with Gasteiger partial charge in [0.25, 0.3) is 0 Å². The highest BCUT2D eigenvalue weighted by atomic mass is 15.3. The molecule has 2 aromatic rings. The number of anilines is 1. The molecule has 0 atom stereocenters. The SMILES string of the molecule is CCCc1ccc(NCc2ncnn2CCC)cc1. The fraction of sp³-hybridized carbons (Fsp3) is 0.467. The highest BCUT2D eigenvalue weighted by Gasteiger charge is 2.03. The monoisotopic (exact) mass is 258 g/mol. The Morgan fingerprint density at radius 2 is 1.89 bits per heavy atom. The molecule has 0 aliphatic heterocycles. The zero-order valence-corrected chi connectivity index (χ0v) is 11.8. The van der Waals surface area contributed by atoms with Crippen molar-refractivity contribution < 1.29 is 0 Å². The summed E-state index contributed by atoms with van der Waals surface area (Å²) in [6.07, 6.45) is 5.02. The number of hydrogen-bond donors (Lipinski definition) is 1. The molecule has 19 heavy (non-hydrogen) atoms. The Morgan fingerprint density at radius 3 is 2.58 bits per heavy atom. The number of hydrogen-bond acceptors (Lipinski definition) is 3. The Labute approximate surface area is 114 Å². The molecule has 0 spiro atoms. The first kappa shape index (κ1) is 13.6. The van der Waals surface area contributed by atoms with Crippen LogP contribution < -0.4 is 5.32 Å². The molecular weight excluding hydrogens is 236 g/mol. The van der Waals surface area contributed by atoms with Crippen LogP contribution in [0, 0.1) is 0 Å². The Kier molecular flexibility index (Phi) is 4.95. The summed E-state index contributed by atoms with van der Waals surface area (Å²) in [4.78, 5) is 4.29. The third-order valence-corrected chi connectivity index (χ3v) is 3.07. The van der Waals surface area contributed by atoms with Gasteiger partial charge in [-0.3, -0.25) is 0 Å². The number of nitrogens with one attached hydrogen (secondary N) is 1. The van der Waals surface area contributed by atoms with E-state index in [1.54, 1.807) is 6.33 Å². The lowest BCUT2D eigenvalue weighted by Gasteiger charge is -2.08. The predicted molar refractivity (Wildman–Crippen MR) is 78.1 cm³/mol. The van der Waals surface area contributed by atoms with Crippen LogP contribution in [0.3, 0.4) is 0 Å². The van der Waals surface area contributed by atoms with Gasteiger partial charge in [0.05, 0.1) is 6.54 Å². The molecule has 102 valence electrons. The van der Waals surface area contributed by atoms with Crippen LogP contribution >= 0.6 is 0 Å². The van der Waals surface area contributed by atoms with Crippen molar-refractivity contribution in [2.24, 2.45) is 0 Å². The van der Waals surface area contributed by atoms with Crippen molar-refractivity contribution in [2.75, 3.05) is 5.32 Å². The Bertz CT molecular complexity index is 487. The molecule has 1 heterocycles. The number of rotatable bonds is 7. The quantitative estimate of drug-likeness (QED) is 0.829. The molecule has 0 bridgehead atoms. The molecule has 0 radical (unpaired) electrons. The lowest BCUT2D eigenvalue weighted by molar-refractivity contribution is 0.574. The Hall–Kier alpha value is -1.84. The molecule has 0 saturated heterocycles. The second kappa shape index (κ2) is 6.92. The van der Waals surface area contributed by atoms with Crippen LogP contribution in [-0.2, 0) is 19.5 Å². The maximum atomic E-state index is 4.29. The highest BCUT2D eigenvalue weighted by Crippen LogP contribution is 2.12. The summed E-state index contributed by atoms with van der Waals surface area (Å²) < 4.78 is 1.96. The average molecular weight is 258 g/mol. The molecule has 4 nitrogen and oxygen atoms in total. The first-order valence-electron chi connectivity index (χ1n) is 7.03. The minimum absolute atomic E-state index is 0.715. The van der Waals surface area contributed by atoms with Crippen molar-refractivity contribution >= 4 is 5.69 Å². The van der Waals surface area contributed by atoms with E-state index in [0.717, 1.165) is 30.9 Å². The van der Waals surface area contributed by atoms with Crippen LogP contribution in [0.2, 0.25) is 0 Å². The van der Waals surface area contributed by atoms with E-state index in [1.165, 1.54) is 12.0 Å². The summed E-state index contributed by atoms with van der Waals surface area (Å²) >= 11 is 0. The van der Waals surface area contributed by atoms with Crippen molar-refractivity contribution in [3.05, 3.63) is 42.0 Å². The van der Waals surface area contributed by atoms with Gasteiger partial charge in [-0.15, -0.1) is 0 Å². The van der Waals surface area contributed by atoms with Crippen molar-refractivity contribution in [3.8, 4) is 0 Å². The molecule has 0 aliphatic rings. The number of nitrogens with zero attached hydrogens (tertiary/aromatic N) is 3. The van der Waals surface area contributed by atoms with E-state index in [-0.39, 0.29) is 0 Å². The van der Waals surface area contributed by atoms with E-state index in [9.17, 15) is 0 Å². The van der Waals surface area contributed by atoms with E-state index < -0.39 is 0 Å². The fourth-order valence-electron chi connectivity index (χ4n) is 2.08. The third kappa shape index (κ3) is 3.81. The van der Waals surface area contributed by atoms with Crippen LogP contribution in [0.15, 0.2) is 30.6 Å². The zero-order valence-electron chi connectivity index (χ0n) is 11.8. The topological polar surface area (TPSA) is 42.7 Å². The summed E-state index contributed by atoms with van der Waals surface area (Å²) in [6.45, 7) is 5.98. The minimum Gasteiger partial charge on any atom is -0.378 e. The predicted octanol–water partition coefficient (Wildman–Crippen LogP) is 3.25. The standard InChI is InChI=1S/C15H22N4/c1-3-5-13-6-8-14(9-7-13)16-11-15-17-12-18-19(15)10-4-2/h6-9,12,16H,3-5,10-11H2,1-2H3. The van der Waals surface area contributed by atoms with Crippen molar-refractivity contribution in [1.29, 1.82) is 0 Å². The number of aryl methyl sites for hydroxylation is 2. The first-order valence-corrected chi connectivity index (χ1v) is 7.03. The van der Waals surface area contributed by atoms with Crippen molar-refractivity contribution in [2.45, 2.75) is 46.2 Å². The molecule has 1 N–H and O–H groups in total. The summed E-state index contributed by atoms with van der Waals surface area (Å²) in [5, 5.41) is 7.61. The second-order valence-corrected chi connectivity index (χ2v) is 4.70. The second-order valence-electron chi connectivity index (χ2n) is 4.70. The van der Waals surface area contributed by atoms with Crippen LogP contribution in [0.5, 0.6) is 0 Å². The molecule has 4 heteroatoms. The molecule has 0 saturated carbocycles. The van der Waals surface area contributed by atoms with Gasteiger partial charge in [0.15, 0.2) is 0 Å². The van der Waals surface area contributed by atoms with Gasteiger partial charge in [-0.2, -0.15) is 5.10 Å². The van der Waals surface area contributed by atoms with Crippen LogP contribution in [0.1, 0.15) is 38.1 Å². The van der Waals surface area contributed by atoms with Crippen molar-refractivity contribution in [3.63, 3.8) is 0 Å². The van der Waals surface area contributed by atoms with Gasteiger partial charge >= 0.3 is 0 Å². The maximum Gasteiger partial charge on any atom is 0.146 e. The lowest BCUT2D eigenvalue weighted by atomic mass is 10.1. The summed E-state index contributed by atoms with van der Waals surface area (Å²) in [6, 6.07) is 8.63. The van der Waals surface area contributed by atoms with Crippen LogP contribution in [0.25, 0.3) is 0 Å². The van der Waals surface area contributed by atoms with Crippen LogP contribution in [-0.4, -0.2) is 14.8 Å². The van der Waals surface area contributed by atoms with Gasteiger partial charge < -0.3 is 5.32 Å². The molecule has 0 amide bonds. The van der Waals surface area contributed by atoms with Gasteiger partial charge in [0.2, 0.25) is 0 Å². The summed E-state index contributed by atoms with van der Waals surface area (Å²) in [7, 11) is 0. The minimum atomic E-state index is 0.715. The molecule has 2 rings (SSSR count). The molecule has 1 aromatic heterocycles. The van der Waals surface area contributed by atoms with E-state index in [2.05, 4.69) is 53.5 Å². The lowest BCUT2D eigenvalue weighted by Crippen LogP contribution is -2.10. The highest BCUT2D eigenvalue weighted by molar-refractivity contribution is 5.44. The smallest absolute Gasteiger partial charge is 0.146 e. The fourth-order valence-corrected chi connectivity index (χ4v) is 2.08. The van der Waals surface area contributed by atoms with Gasteiger partial charge in [0.1, 0.15) is 12.2 Å². The normalized spacial score (nSPS) is 10.6. The first-order chi connectivity index (χ1) is 9.33. The number of benzene rings is 1. The van der Waals surface area contributed by atoms with Crippen molar-refractivity contribution in [1.82, 2.24) is 14.8 Å². The van der Waals surface area contributed by atoms with Gasteiger partial charge in [-0.05, 0) is 30.5 Å². The van der Waals surface area contributed by atoms with Crippen LogP contribution in [0.4, 0.5) is 5.69 Å². The molecular formula is C15H22N4. The largest absolute Gasteiger partial charge is 0.378 e. The summed E-state index contributed by atoms with van der Waals surface area (Å²) in [5.41, 5.74) is 2.52. The Balaban J connectivity index is 1.92. The number of aromatic nitrogens is 3. The van der Waals surface area contributed by atoms with E-state index in [1.807, 2.05) is 4.68 Å². The van der Waals surface area contributed by atoms with Gasteiger partial charge in [-0.25, -0.2) is 9.67 Å². The van der Waals surface area contributed by atoms with E-state index in [4.69, 9.17) is 0 Å². The third-order valence-electron chi connectivity index (χ3n) is 3.07. The van der Waals surface area contributed by atoms with Gasteiger partial charge in [-0.1, -0.05) is 32.4 Å². The van der Waals surface area contributed by atoms with Gasteiger partial charge in [0, 0.05) is 12.2 Å². The maximum absolute atomic E-state index is 4.29. The molecule has 1 aromatic carbocycles. The molecule has 0 fully saturated rings. The van der Waals surface area contributed by atoms with E-state index in [0.29, 0.717) is 6.54 Å². The zero-order chi connectivity index (χ0) is 13.5. The summed E-state index contributed by atoms with van der Waals surface area (Å²) in [5.74, 6) is 0.986. The average Bonchev–Trinajstić information content (AvgIpc) is 2.86. The molecule has 0 aliphatic carbocycles.